The molecule has 1 aromatic carbocycles. The van der Waals surface area contributed by atoms with Gasteiger partial charge in [-0.3, -0.25) is 4.79 Å². The molecule has 0 radical (unpaired) electrons. The lowest BCUT2D eigenvalue weighted by atomic mass is 10.0. The van der Waals surface area contributed by atoms with Crippen molar-refractivity contribution in [3.05, 3.63) is 39.8 Å². The molecule has 1 aliphatic carbocycles. The van der Waals surface area contributed by atoms with Gasteiger partial charge in [0, 0.05) is 31.8 Å². The molecule has 6 rings (SSSR count). The Morgan fingerprint density at radius 3 is 2.89 bits per heavy atom. The highest BCUT2D eigenvalue weighted by Crippen LogP contribution is 2.45. The number of benzene rings is 1. The van der Waals surface area contributed by atoms with Crippen molar-refractivity contribution in [1.29, 1.82) is 0 Å². The number of nitrogens with zero attached hydrogens (tertiary/aromatic N) is 4. The molecule has 1 saturated heterocycles. The fourth-order valence-electron chi connectivity index (χ4n) is 5.47. The van der Waals surface area contributed by atoms with Gasteiger partial charge < -0.3 is 29.6 Å². The number of rotatable bonds is 6. The standard InChI is InChI=1S/C26H29ClF2N6O3/c1-34-19-8-7-15(31-23-18(27)11-30-25(33-23)35-9-3-4-16(35)12-37-2)10-17(19)20-21(24(34)36)38-13-26(28,29)22(32-20)14-5-6-14/h7-8,10-11,14,16,22,32H,3-6,9,12-13H2,1-2H3,(H,30,31,33)/t16?,22-/m0/s1. The summed E-state index contributed by atoms with van der Waals surface area (Å²) >= 11 is 6.45. The molecule has 2 atom stereocenters. The molecule has 0 spiro atoms. The van der Waals surface area contributed by atoms with Crippen molar-refractivity contribution in [3.8, 4) is 5.75 Å². The molecule has 12 heteroatoms. The molecule has 2 fully saturated rings. The third kappa shape index (κ3) is 4.41. The fourth-order valence-corrected chi connectivity index (χ4v) is 5.61. The Bertz CT molecular complexity index is 1450. The van der Waals surface area contributed by atoms with Crippen molar-refractivity contribution >= 4 is 45.6 Å². The van der Waals surface area contributed by atoms with Crippen LogP contribution in [0.4, 0.5) is 31.9 Å². The van der Waals surface area contributed by atoms with E-state index in [0.717, 1.165) is 32.2 Å². The lowest BCUT2D eigenvalue weighted by Gasteiger charge is -2.25. The molecule has 38 heavy (non-hydrogen) atoms. The summed E-state index contributed by atoms with van der Waals surface area (Å²) in [6, 6.07) is 4.44. The van der Waals surface area contributed by atoms with Gasteiger partial charge in [-0.25, -0.2) is 13.8 Å². The van der Waals surface area contributed by atoms with Gasteiger partial charge in [0.1, 0.15) is 5.02 Å². The largest absolute Gasteiger partial charge is 0.480 e. The van der Waals surface area contributed by atoms with Crippen LogP contribution < -0.4 is 25.8 Å². The van der Waals surface area contributed by atoms with Gasteiger partial charge in [-0.2, -0.15) is 4.98 Å². The molecular weight excluding hydrogens is 518 g/mol. The van der Waals surface area contributed by atoms with Crippen LogP contribution in [0.15, 0.2) is 29.2 Å². The summed E-state index contributed by atoms with van der Waals surface area (Å²) in [5, 5.41) is 7.17. The Kier molecular flexibility index (Phi) is 6.30. The van der Waals surface area contributed by atoms with Gasteiger partial charge in [-0.1, -0.05) is 11.6 Å². The number of hydrogen-bond acceptors (Lipinski definition) is 8. The van der Waals surface area contributed by atoms with Gasteiger partial charge in [0.15, 0.2) is 12.4 Å². The Morgan fingerprint density at radius 2 is 2.13 bits per heavy atom. The SMILES string of the molecule is COCC1CCCN1c1ncc(Cl)c(Nc2ccc3c(c2)c2c(c(=O)n3C)OCC(F)(F)[C@H](C3CC3)N2)n1. The van der Waals surface area contributed by atoms with E-state index in [2.05, 4.69) is 25.5 Å². The minimum absolute atomic E-state index is 0.0967. The maximum absolute atomic E-state index is 14.9. The van der Waals surface area contributed by atoms with E-state index in [-0.39, 0.29) is 23.4 Å². The van der Waals surface area contributed by atoms with Crippen molar-refractivity contribution < 1.29 is 18.3 Å². The predicted molar refractivity (Wildman–Crippen MR) is 142 cm³/mol. The second-order valence-electron chi connectivity index (χ2n) is 10.2. The monoisotopic (exact) mass is 546 g/mol. The minimum atomic E-state index is -3.10. The first-order chi connectivity index (χ1) is 18.3. The van der Waals surface area contributed by atoms with Gasteiger partial charge in [0.2, 0.25) is 11.7 Å². The van der Waals surface area contributed by atoms with Gasteiger partial charge in [0.25, 0.3) is 5.56 Å². The van der Waals surface area contributed by atoms with E-state index in [4.69, 9.17) is 21.1 Å². The number of aromatic nitrogens is 3. The molecule has 1 saturated carbocycles. The molecule has 4 heterocycles. The smallest absolute Gasteiger partial charge is 0.301 e. The van der Waals surface area contributed by atoms with E-state index in [1.807, 2.05) is 0 Å². The highest BCUT2D eigenvalue weighted by Gasteiger charge is 2.51. The average Bonchev–Trinajstić information content (AvgIpc) is 3.65. The van der Waals surface area contributed by atoms with Crippen molar-refractivity contribution in [1.82, 2.24) is 14.5 Å². The van der Waals surface area contributed by atoms with E-state index < -0.39 is 24.1 Å². The van der Waals surface area contributed by atoms with E-state index >= 15 is 0 Å². The highest BCUT2D eigenvalue weighted by atomic mass is 35.5. The fraction of sp³-hybridized carbons (Fsp3) is 0.500. The lowest BCUT2D eigenvalue weighted by molar-refractivity contribution is -0.0579. The summed E-state index contributed by atoms with van der Waals surface area (Å²) in [5.41, 5.74) is 1.03. The summed E-state index contributed by atoms with van der Waals surface area (Å²) in [5.74, 6) is -2.39. The molecule has 202 valence electrons. The number of nitrogens with one attached hydrogen (secondary N) is 2. The normalized spacial score (nSPS) is 22.5. The topological polar surface area (TPSA) is 93.5 Å². The predicted octanol–water partition coefficient (Wildman–Crippen LogP) is 4.56. The zero-order chi connectivity index (χ0) is 26.6. The number of aryl methyl sites for hydroxylation is 1. The Morgan fingerprint density at radius 1 is 1.32 bits per heavy atom. The lowest BCUT2D eigenvalue weighted by Crippen LogP contribution is -2.44. The van der Waals surface area contributed by atoms with Crippen LogP contribution in [-0.4, -0.2) is 59.4 Å². The third-order valence-electron chi connectivity index (χ3n) is 7.60. The number of hydrogen-bond donors (Lipinski definition) is 2. The molecule has 0 amide bonds. The second-order valence-corrected chi connectivity index (χ2v) is 10.7. The highest BCUT2D eigenvalue weighted by molar-refractivity contribution is 6.33. The van der Waals surface area contributed by atoms with E-state index in [0.29, 0.717) is 40.0 Å². The number of halogens is 3. The zero-order valence-electron chi connectivity index (χ0n) is 21.1. The number of anilines is 4. The molecule has 3 aliphatic rings. The van der Waals surface area contributed by atoms with Crippen LogP contribution >= 0.6 is 11.6 Å². The number of fused-ring (bicyclic) bond motifs is 3. The second kappa shape index (κ2) is 9.53. The molecule has 2 aromatic heterocycles. The summed E-state index contributed by atoms with van der Waals surface area (Å²) in [6.45, 7) is 0.565. The van der Waals surface area contributed by atoms with Crippen LogP contribution in [0.25, 0.3) is 10.9 Å². The Balaban J connectivity index is 1.38. The first-order valence-electron chi connectivity index (χ1n) is 12.8. The molecule has 0 bridgehead atoms. The van der Waals surface area contributed by atoms with Gasteiger partial charge in [0.05, 0.1) is 36.1 Å². The number of ether oxygens (including phenoxy) is 2. The van der Waals surface area contributed by atoms with Crippen molar-refractivity contribution in [2.24, 2.45) is 13.0 Å². The number of pyridine rings is 1. The minimum Gasteiger partial charge on any atom is -0.480 e. The van der Waals surface area contributed by atoms with Crippen molar-refractivity contribution in [2.45, 2.75) is 43.7 Å². The Labute approximate surface area is 223 Å². The van der Waals surface area contributed by atoms with Crippen molar-refractivity contribution in [2.75, 3.05) is 42.4 Å². The van der Waals surface area contributed by atoms with E-state index in [9.17, 15) is 13.6 Å². The Hall–Kier alpha value is -3.18. The summed E-state index contributed by atoms with van der Waals surface area (Å²) in [6.07, 6.45) is 5.01. The number of alkyl halides is 2. The van der Waals surface area contributed by atoms with Gasteiger partial charge in [-0.05, 0) is 49.8 Å². The van der Waals surface area contributed by atoms with Crippen LogP contribution in [0.3, 0.4) is 0 Å². The van der Waals surface area contributed by atoms with Gasteiger partial charge in [-0.15, -0.1) is 0 Å². The number of methoxy groups -OCH3 is 1. The first-order valence-corrected chi connectivity index (χ1v) is 13.1. The quantitative estimate of drug-likeness (QED) is 0.465. The average molecular weight is 547 g/mol. The van der Waals surface area contributed by atoms with Gasteiger partial charge >= 0.3 is 5.92 Å². The van der Waals surface area contributed by atoms with Crippen LogP contribution in [0.1, 0.15) is 25.7 Å². The first kappa shape index (κ1) is 25.1. The molecule has 2 aliphatic heterocycles. The van der Waals surface area contributed by atoms with Crippen LogP contribution in [0.5, 0.6) is 5.75 Å². The van der Waals surface area contributed by atoms with Crippen LogP contribution in [0.2, 0.25) is 5.02 Å². The van der Waals surface area contributed by atoms with E-state index in [1.54, 1.807) is 38.6 Å². The zero-order valence-corrected chi connectivity index (χ0v) is 21.9. The summed E-state index contributed by atoms with van der Waals surface area (Å²) in [4.78, 5) is 24.3. The summed E-state index contributed by atoms with van der Waals surface area (Å²) < 4.78 is 42.1. The summed E-state index contributed by atoms with van der Waals surface area (Å²) in [7, 11) is 3.28. The van der Waals surface area contributed by atoms with Crippen molar-refractivity contribution in [3.63, 3.8) is 0 Å². The molecule has 3 aromatic rings. The van der Waals surface area contributed by atoms with Crippen LogP contribution in [-0.2, 0) is 11.8 Å². The molecule has 9 nitrogen and oxygen atoms in total. The molecule has 1 unspecified atom stereocenters. The maximum Gasteiger partial charge on any atom is 0.301 e. The maximum atomic E-state index is 14.9. The van der Waals surface area contributed by atoms with Crippen LogP contribution in [0, 0.1) is 5.92 Å². The third-order valence-corrected chi connectivity index (χ3v) is 7.87. The molecular formula is C26H29ClF2N6O3. The van der Waals surface area contributed by atoms with E-state index in [1.165, 1.54) is 4.57 Å². The molecule has 2 N–H and O–H groups in total.